The highest BCUT2D eigenvalue weighted by molar-refractivity contribution is 7.12. The van der Waals surface area contributed by atoms with Crippen molar-refractivity contribution in [3.05, 3.63) is 57.8 Å². The van der Waals surface area contributed by atoms with E-state index in [2.05, 4.69) is 0 Å². The zero-order valence-corrected chi connectivity index (χ0v) is 9.08. The molecule has 0 radical (unpaired) electrons. The number of hydrogen-bond donors (Lipinski definition) is 2. The van der Waals surface area contributed by atoms with E-state index in [0.29, 0.717) is 6.54 Å². The zero-order valence-electron chi connectivity index (χ0n) is 8.26. The van der Waals surface area contributed by atoms with Crippen LogP contribution in [0.2, 0.25) is 0 Å². The van der Waals surface area contributed by atoms with Crippen LogP contribution in [-0.4, -0.2) is 5.11 Å². The predicted octanol–water partition coefficient (Wildman–Crippen LogP) is 2.29. The van der Waals surface area contributed by atoms with E-state index < -0.39 is 6.10 Å². The molecule has 2 rings (SSSR count). The summed E-state index contributed by atoms with van der Waals surface area (Å²) in [7, 11) is 0. The molecule has 1 aromatic carbocycles. The lowest BCUT2D eigenvalue weighted by atomic mass is 10.1. The van der Waals surface area contributed by atoms with E-state index >= 15 is 0 Å². The van der Waals surface area contributed by atoms with E-state index in [-0.39, 0.29) is 0 Å². The second-order valence-corrected chi connectivity index (χ2v) is 4.52. The Hall–Kier alpha value is -1.16. The van der Waals surface area contributed by atoms with Crippen molar-refractivity contribution in [3.63, 3.8) is 0 Å². The standard InChI is InChI=1S/C12H13NOS/c13-8-10-6-7-11(15-10)12(14)9-4-2-1-3-5-9/h1-7,12,14H,8,13H2/t12-/m0/s1. The van der Waals surface area contributed by atoms with Crippen molar-refractivity contribution in [2.75, 3.05) is 0 Å². The highest BCUT2D eigenvalue weighted by Crippen LogP contribution is 2.27. The molecule has 0 spiro atoms. The molecule has 0 saturated heterocycles. The quantitative estimate of drug-likeness (QED) is 0.832. The smallest absolute Gasteiger partial charge is 0.113 e. The second kappa shape index (κ2) is 4.57. The maximum absolute atomic E-state index is 10.1. The van der Waals surface area contributed by atoms with Crippen molar-refractivity contribution in [2.24, 2.45) is 5.73 Å². The third-order valence-electron chi connectivity index (χ3n) is 2.27. The van der Waals surface area contributed by atoms with E-state index in [4.69, 9.17) is 5.73 Å². The van der Waals surface area contributed by atoms with Gasteiger partial charge in [-0.3, -0.25) is 0 Å². The Kier molecular flexibility index (Phi) is 3.16. The van der Waals surface area contributed by atoms with Crippen molar-refractivity contribution in [3.8, 4) is 0 Å². The normalized spacial score (nSPS) is 12.7. The molecular weight excluding hydrogens is 206 g/mol. The van der Waals surface area contributed by atoms with Crippen LogP contribution in [0.15, 0.2) is 42.5 Å². The summed E-state index contributed by atoms with van der Waals surface area (Å²) in [6, 6.07) is 13.5. The minimum atomic E-state index is -0.531. The van der Waals surface area contributed by atoms with Crippen LogP contribution in [0.1, 0.15) is 21.4 Å². The van der Waals surface area contributed by atoms with Crippen molar-refractivity contribution in [1.29, 1.82) is 0 Å². The fourth-order valence-electron chi connectivity index (χ4n) is 1.45. The molecule has 0 aliphatic heterocycles. The molecule has 0 fully saturated rings. The lowest BCUT2D eigenvalue weighted by Gasteiger charge is -2.07. The molecule has 3 N–H and O–H groups in total. The van der Waals surface area contributed by atoms with Crippen LogP contribution in [0.3, 0.4) is 0 Å². The number of rotatable bonds is 3. The summed E-state index contributed by atoms with van der Waals surface area (Å²) in [4.78, 5) is 2.04. The van der Waals surface area contributed by atoms with Crippen LogP contribution in [-0.2, 0) is 6.54 Å². The highest BCUT2D eigenvalue weighted by Gasteiger charge is 2.11. The first-order chi connectivity index (χ1) is 7.31. The molecule has 0 bridgehead atoms. The van der Waals surface area contributed by atoms with Gasteiger partial charge < -0.3 is 10.8 Å². The SMILES string of the molecule is NCc1ccc([C@@H](O)c2ccccc2)s1. The summed E-state index contributed by atoms with van der Waals surface area (Å²) >= 11 is 1.56. The van der Waals surface area contributed by atoms with Gasteiger partial charge in [0.25, 0.3) is 0 Å². The van der Waals surface area contributed by atoms with Gasteiger partial charge in [-0.05, 0) is 17.7 Å². The molecule has 2 nitrogen and oxygen atoms in total. The van der Waals surface area contributed by atoms with E-state index in [0.717, 1.165) is 15.3 Å². The largest absolute Gasteiger partial charge is 0.383 e. The van der Waals surface area contributed by atoms with Gasteiger partial charge >= 0.3 is 0 Å². The molecule has 1 atom stereocenters. The Bertz CT molecular complexity index is 424. The molecule has 15 heavy (non-hydrogen) atoms. The van der Waals surface area contributed by atoms with Gasteiger partial charge in [0.15, 0.2) is 0 Å². The average molecular weight is 219 g/mol. The minimum absolute atomic E-state index is 0.531. The van der Waals surface area contributed by atoms with Gasteiger partial charge in [0, 0.05) is 16.3 Å². The summed E-state index contributed by atoms with van der Waals surface area (Å²) in [6.07, 6.45) is -0.531. The van der Waals surface area contributed by atoms with Crippen LogP contribution in [0.4, 0.5) is 0 Å². The number of nitrogens with two attached hydrogens (primary N) is 1. The minimum Gasteiger partial charge on any atom is -0.383 e. The third kappa shape index (κ3) is 2.26. The number of aliphatic hydroxyl groups is 1. The van der Waals surface area contributed by atoms with Gasteiger partial charge in [0.05, 0.1) is 0 Å². The van der Waals surface area contributed by atoms with Crippen molar-refractivity contribution in [2.45, 2.75) is 12.6 Å². The molecule has 0 aliphatic carbocycles. The van der Waals surface area contributed by atoms with Gasteiger partial charge in [-0.2, -0.15) is 0 Å². The number of aliphatic hydroxyl groups excluding tert-OH is 1. The molecule has 0 aliphatic rings. The Morgan fingerprint density at radius 2 is 1.87 bits per heavy atom. The average Bonchev–Trinajstić information content (AvgIpc) is 2.78. The predicted molar refractivity (Wildman–Crippen MR) is 62.7 cm³/mol. The Morgan fingerprint density at radius 1 is 1.13 bits per heavy atom. The molecule has 1 aromatic heterocycles. The molecule has 1 heterocycles. The van der Waals surface area contributed by atoms with Gasteiger partial charge in [0.2, 0.25) is 0 Å². The van der Waals surface area contributed by atoms with Gasteiger partial charge in [0.1, 0.15) is 6.10 Å². The van der Waals surface area contributed by atoms with E-state index in [1.165, 1.54) is 0 Å². The molecule has 0 amide bonds. The Labute approximate surface area is 93.0 Å². The van der Waals surface area contributed by atoms with E-state index in [9.17, 15) is 5.11 Å². The van der Waals surface area contributed by atoms with Crippen molar-refractivity contribution in [1.82, 2.24) is 0 Å². The summed E-state index contributed by atoms with van der Waals surface area (Å²) in [5.41, 5.74) is 6.45. The van der Waals surface area contributed by atoms with Crippen LogP contribution < -0.4 is 5.73 Å². The van der Waals surface area contributed by atoms with Crippen LogP contribution in [0, 0.1) is 0 Å². The maximum atomic E-state index is 10.1. The first kappa shape index (κ1) is 10.4. The molecule has 0 saturated carbocycles. The first-order valence-corrected chi connectivity index (χ1v) is 5.64. The number of thiophene rings is 1. The van der Waals surface area contributed by atoms with Crippen LogP contribution in [0.25, 0.3) is 0 Å². The van der Waals surface area contributed by atoms with Crippen molar-refractivity contribution >= 4 is 11.3 Å². The third-order valence-corrected chi connectivity index (χ3v) is 3.43. The Balaban J connectivity index is 2.24. The maximum Gasteiger partial charge on any atom is 0.113 e. The molecule has 3 heteroatoms. The lowest BCUT2D eigenvalue weighted by molar-refractivity contribution is 0.224. The topological polar surface area (TPSA) is 46.2 Å². The monoisotopic (exact) mass is 219 g/mol. The summed E-state index contributed by atoms with van der Waals surface area (Å²) < 4.78 is 0. The fourth-order valence-corrected chi connectivity index (χ4v) is 2.36. The van der Waals surface area contributed by atoms with Crippen LogP contribution >= 0.6 is 11.3 Å². The molecular formula is C12H13NOS. The zero-order chi connectivity index (χ0) is 10.7. The van der Waals surface area contributed by atoms with Gasteiger partial charge in [-0.15, -0.1) is 11.3 Å². The second-order valence-electron chi connectivity index (χ2n) is 3.32. The molecule has 0 unspecified atom stereocenters. The van der Waals surface area contributed by atoms with E-state index in [1.807, 2.05) is 42.5 Å². The first-order valence-electron chi connectivity index (χ1n) is 4.83. The van der Waals surface area contributed by atoms with Crippen molar-refractivity contribution < 1.29 is 5.11 Å². The lowest BCUT2D eigenvalue weighted by Crippen LogP contribution is -1.96. The summed E-state index contributed by atoms with van der Waals surface area (Å²) in [6.45, 7) is 0.534. The van der Waals surface area contributed by atoms with Gasteiger partial charge in [-0.25, -0.2) is 0 Å². The summed E-state index contributed by atoms with van der Waals surface area (Å²) in [5, 5.41) is 10.1. The molecule has 2 aromatic rings. The fraction of sp³-hybridized carbons (Fsp3) is 0.167. The molecule has 78 valence electrons. The van der Waals surface area contributed by atoms with E-state index in [1.54, 1.807) is 11.3 Å². The summed E-state index contributed by atoms with van der Waals surface area (Å²) in [5.74, 6) is 0. The highest BCUT2D eigenvalue weighted by atomic mass is 32.1. The Morgan fingerprint density at radius 3 is 2.47 bits per heavy atom. The van der Waals surface area contributed by atoms with Crippen LogP contribution in [0.5, 0.6) is 0 Å². The number of hydrogen-bond acceptors (Lipinski definition) is 3. The number of benzene rings is 1. The van der Waals surface area contributed by atoms with Gasteiger partial charge in [-0.1, -0.05) is 30.3 Å².